The van der Waals surface area contributed by atoms with Crippen molar-refractivity contribution in [3.8, 4) is 0 Å². The van der Waals surface area contributed by atoms with Crippen LogP contribution in [0.2, 0.25) is 0 Å². The van der Waals surface area contributed by atoms with Crippen molar-refractivity contribution in [3.63, 3.8) is 0 Å². The molecule has 0 unspecified atom stereocenters. The number of aromatic nitrogens is 3. The maximum atomic E-state index is 4.40. The molecular formula is C17H23N3. The van der Waals surface area contributed by atoms with Gasteiger partial charge < -0.3 is 0 Å². The van der Waals surface area contributed by atoms with Crippen LogP contribution in [0.1, 0.15) is 51.8 Å². The summed E-state index contributed by atoms with van der Waals surface area (Å²) in [5.41, 5.74) is 2.58. The van der Waals surface area contributed by atoms with Gasteiger partial charge in [-0.25, -0.2) is 9.97 Å². The van der Waals surface area contributed by atoms with E-state index in [-0.39, 0.29) is 10.8 Å². The van der Waals surface area contributed by atoms with E-state index in [2.05, 4.69) is 48.7 Å². The number of nitrogens with zero attached hydrogens (tertiary/aromatic N) is 3. The van der Waals surface area contributed by atoms with E-state index in [0.717, 1.165) is 18.5 Å². The van der Waals surface area contributed by atoms with Crippen molar-refractivity contribution in [2.45, 2.75) is 51.4 Å². The molecule has 0 atom stereocenters. The van der Waals surface area contributed by atoms with Crippen molar-refractivity contribution in [2.24, 2.45) is 0 Å². The SMILES string of the molecule is CC(C)(CCC(C)(C)c1ccncn1)c1cccnc1. The molecule has 0 N–H and O–H groups in total. The average molecular weight is 269 g/mol. The molecule has 0 aliphatic heterocycles. The van der Waals surface area contributed by atoms with Crippen LogP contribution in [0.5, 0.6) is 0 Å². The lowest BCUT2D eigenvalue weighted by Crippen LogP contribution is -2.25. The van der Waals surface area contributed by atoms with Crippen LogP contribution in [0.15, 0.2) is 43.1 Å². The Balaban J connectivity index is 2.08. The molecule has 0 saturated heterocycles. The third kappa shape index (κ3) is 3.41. The number of rotatable bonds is 5. The predicted octanol–water partition coefficient (Wildman–Crippen LogP) is 3.91. The highest BCUT2D eigenvalue weighted by Crippen LogP contribution is 2.34. The first-order valence-corrected chi connectivity index (χ1v) is 7.09. The number of hydrogen-bond acceptors (Lipinski definition) is 3. The molecule has 0 aliphatic carbocycles. The van der Waals surface area contributed by atoms with Crippen molar-refractivity contribution in [1.82, 2.24) is 15.0 Å². The Kier molecular flexibility index (Phi) is 4.17. The van der Waals surface area contributed by atoms with Gasteiger partial charge in [0.25, 0.3) is 0 Å². The van der Waals surface area contributed by atoms with E-state index >= 15 is 0 Å². The summed E-state index contributed by atoms with van der Waals surface area (Å²) in [6, 6.07) is 6.18. The molecule has 106 valence electrons. The van der Waals surface area contributed by atoms with Crippen molar-refractivity contribution in [3.05, 3.63) is 54.4 Å². The predicted molar refractivity (Wildman–Crippen MR) is 81.6 cm³/mol. The summed E-state index contributed by atoms with van der Waals surface area (Å²) < 4.78 is 0. The zero-order chi connectivity index (χ0) is 14.6. The molecule has 2 rings (SSSR count). The molecule has 0 fully saturated rings. The first kappa shape index (κ1) is 14.6. The molecule has 0 aromatic carbocycles. The fraction of sp³-hybridized carbons (Fsp3) is 0.471. The van der Waals surface area contributed by atoms with E-state index in [0.29, 0.717) is 0 Å². The Bertz CT molecular complexity index is 481. The van der Waals surface area contributed by atoms with Crippen LogP contribution in [0.25, 0.3) is 0 Å². The van der Waals surface area contributed by atoms with Gasteiger partial charge in [0.2, 0.25) is 0 Å². The monoisotopic (exact) mass is 269 g/mol. The number of hydrogen-bond donors (Lipinski definition) is 0. The topological polar surface area (TPSA) is 38.7 Å². The maximum Gasteiger partial charge on any atom is 0.115 e. The largest absolute Gasteiger partial charge is 0.264 e. The lowest BCUT2D eigenvalue weighted by Gasteiger charge is -2.31. The Morgan fingerprint density at radius 1 is 0.900 bits per heavy atom. The normalized spacial score (nSPS) is 12.4. The molecule has 2 aromatic heterocycles. The van der Waals surface area contributed by atoms with E-state index in [1.54, 1.807) is 6.33 Å². The summed E-state index contributed by atoms with van der Waals surface area (Å²) in [6.07, 6.45) is 9.41. The lowest BCUT2D eigenvalue weighted by atomic mass is 9.74. The Morgan fingerprint density at radius 3 is 2.25 bits per heavy atom. The maximum absolute atomic E-state index is 4.40. The van der Waals surface area contributed by atoms with Gasteiger partial charge in [-0.15, -0.1) is 0 Å². The standard InChI is InChI=1S/C17H23N3/c1-16(2,14-6-5-10-18-12-14)8-9-17(3,4)15-7-11-19-13-20-15/h5-7,10-13H,8-9H2,1-4H3. The molecule has 0 saturated carbocycles. The average Bonchev–Trinajstić information content (AvgIpc) is 2.47. The minimum atomic E-state index is 0.0580. The quantitative estimate of drug-likeness (QED) is 0.826. The number of pyridine rings is 1. The molecule has 3 nitrogen and oxygen atoms in total. The summed E-state index contributed by atoms with van der Waals surface area (Å²) in [5, 5.41) is 0. The zero-order valence-electron chi connectivity index (χ0n) is 12.8. The lowest BCUT2D eigenvalue weighted by molar-refractivity contribution is 0.368. The Hall–Kier alpha value is -1.77. The second-order valence-corrected chi connectivity index (χ2v) is 6.60. The van der Waals surface area contributed by atoms with Crippen molar-refractivity contribution >= 4 is 0 Å². The third-order valence-electron chi connectivity index (χ3n) is 4.09. The van der Waals surface area contributed by atoms with Gasteiger partial charge in [0, 0.05) is 29.7 Å². The van der Waals surface area contributed by atoms with Gasteiger partial charge in [0.15, 0.2) is 0 Å². The fourth-order valence-corrected chi connectivity index (χ4v) is 2.35. The molecule has 0 aliphatic rings. The summed E-state index contributed by atoms with van der Waals surface area (Å²) in [4.78, 5) is 12.6. The molecule has 20 heavy (non-hydrogen) atoms. The van der Waals surface area contributed by atoms with Crippen LogP contribution in [0, 0.1) is 0 Å². The highest BCUT2D eigenvalue weighted by Gasteiger charge is 2.27. The van der Waals surface area contributed by atoms with Gasteiger partial charge in [-0.05, 0) is 36.0 Å². The van der Waals surface area contributed by atoms with Crippen LogP contribution in [0.4, 0.5) is 0 Å². The van der Waals surface area contributed by atoms with E-state index in [9.17, 15) is 0 Å². The zero-order valence-corrected chi connectivity index (χ0v) is 12.8. The van der Waals surface area contributed by atoms with Crippen molar-refractivity contribution in [2.75, 3.05) is 0 Å². The smallest absolute Gasteiger partial charge is 0.115 e. The van der Waals surface area contributed by atoms with Gasteiger partial charge in [0.1, 0.15) is 6.33 Å². The van der Waals surface area contributed by atoms with Crippen molar-refractivity contribution < 1.29 is 0 Å². The van der Waals surface area contributed by atoms with Gasteiger partial charge in [-0.2, -0.15) is 0 Å². The highest BCUT2D eigenvalue weighted by atomic mass is 14.8. The molecule has 3 heteroatoms. The second-order valence-electron chi connectivity index (χ2n) is 6.60. The second kappa shape index (κ2) is 5.70. The van der Waals surface area contributed by atoms with E-state index in [1.165, 1.54) is 5.56 Å². The van der Waals surface area contributed by atoms with Crippen LogP contribution >= 0.6 is 0 Å². The van der Waals surface area contributed by atoms with Crippen LogP contribution < -0.4 is 0 Å². The van der Waals surface area contributed by atoms with Crippen LogP contribution in [-0.4, -0.2) is 15.0 Å². The van der Waals surface area contributed by atoms with Crippen LogP contribution in [-0.2, 0) is 10.8 Å². The highest BCUT2D eigenvalue weighted by molar-refractivity contribution is 5.20. The van der Waals surface area contributed by atoms with E-state index in [4.69, 9.17) is 0 Å². The van der Waals surface area contributed by atoms with Gasteiger partial charge in [0.05, 0.1) is 0 Å². The summed E-state index contributed by atoms with van der Waals surface area (Å²) in [5.74, 6) is 0. The molecule has 0 radical (unpaired) electrons. The summed E-state index contributed by atoms with van der Waals surface area (Å²) >= 11 is 0. The summed E-state index contributed by atoms with van der Waals surface area (Å²) in [6.45, 7) is 9.05. The van der Waals surface area contributed by atoms with E-state index in [1.807, 2.05) is 30.7 Å². The minimum absolute atomic E-state index is 0.0580. The first-order chi connectivity index (χ1) is 9.42. The first-order valence-electron chi connectivity index (χ1n) is 7.09. The fourth-order valence-electron chi connectivity index (χ4n) is 2.35. The molecule has 0 amide bonds. The molecular weight excluding hydrogens is 246 g/mol. The molecule has 0 bridgehead atoms. The van der Waals surface area contributed by atoms with Gasteiger partial charge >= 0.3 is 0 Å². The van der Waals surface area contributed by atoms with Gasteiger partial charge in [-0.3, -0.25) is 4.98 Å². The Morgan fingerprint density at radius 2 is 1.65 bits per heavy atom. The van der Waals surface area contributed by atoms with Crippen molar-refractivity contribution in [1.29, 1.82) is 0 Å². The minimum Gasteiger partial charge on any atom is -0.264 e. The Labute approximate surface area is 121 Å². The third-order valence-corrected chi connectivity index (χ3v) is 4.09. The molecule has 2 aromatic rings. The summed E-state index contributed by atoms with van der Waals surface area (Å²) in [7, 11) is 0. The van der Waals surface area contributed by atoms with Crippen LogP contribution in [0.3, 0.4) is 0 Å². The molecule has 2 heterocycles. The van der Waals surface area contributed by atoms with E-state index < -0.39 is 0 Å². The van der Waals surface area contributed by atoms with Gasteiger partial charge in [-0.1, -0.05) is 33.8 Å². The molecule has 0 spiro atoms.